The van der Waals surface area contributed by atoms with Crippen LogP contribution in [-0.2, 0) is 11.2 Å². The second-order valence-corrected chi connectivity index (χ2v) is 5.61. The van der Waals surface area contributed by atoms with E-state index in [0.29, 0.717) is 17.9 Å². The summed E-state index contributed by atoms with van der Waals surface area (Å²) in [5.74, 6) is -0.177. The number of carbonyl (C=O) groups is 1. The van der Waals surface area contributed by atoms with Gasteiger partial charge in [0.2, 0.25) is 0 Å². The van der Waals surface area contributed by atoms with Gasteiger partial charge in [-0.05, 0) is 43.5 Å². The van der Waals surface area contributed by atoms with Gasteiger partial charge in [-0.1, -0.05) is 18.2 Å². The molecule has 0 spiro atoms. The Labute approximate surface area is 131 Å². The molecular weight excluding hydrogens is 288 g/mol. The monoisotopic (exact) mass is 308 g/mol. The molecule has 0 saturated carbocycles. The van der Waals surface area contributed by atoms with Crippen molar-refractivity contribution >= 4 is 24.1 Å². The first-order valence-corrected chi connectivity index (χ1v) is 7.23. The largest absolute Gasteiger partial charge is 0.478 e. The fraction of sp³-hybridized carbons (Fsp3) is 0.438. The average molecular weight is 309 g/mol. The van der Waals surface area contributed by atoms with Gasteiger partial charge in [0.25, 0.3) is 0 Å². The van der Waals surface area contributed by atoms with Crippen LogP contribution in [0.15, 0.2) is 36.0 Å². The molecule has 0 aliphatic carbocycles. The summed E-state index contributed by atoms with van der Waals surface area (Å²) in [5, 5.41) is 12.7. The predicted molar refractivity (Wildman–Crippen MR) is 86.1 cm³/mol. The normalized spacial score (nSPS) is 18.5. The third kappa shape index (κ3) is 3.57. The number of hydrogen-bond donors (Lipinski definition) is 2. The number of nitrogens with zero attached hydrogens (tertiary/aromatic N) is 1. The summed E-state index contributed by atoms with van der Waals surface area (Å²) in [6.07, 6.45) is 4.67. The second kappa shape index (κ2) is 6.96. The molecule has 1 aromatic carbocycles. The molecule has 5 heteroatoms. The van der Waals surface area contributed by atoms with Gasteiger partial charge in [-0.15, -0.1) is 12.4 Å². The van der Waals surface area contributed by atoms with Gasteiger partial charge in [0.05, 0.1) is 5.57 Å². The number of hydrogen-bond acceptors (Lipinski definition) is 3. The lowest BCUT2D eigenvalue weighted by molar-refractivity contribution is -0.132. The fourth-order valence-corrected chi connectivity index (χ4v) is 3.07. The van der Waals surface area contributed by atoms with Crippen LogP contribution in [0.2, 0.25) is 0 Å². The zero-order chi connectivity index (χ0) is 13.9. The van der Waals surface area contributed by atoms with E-state index in [2.05, 4.69) is 16.3 Å². The Morgan fingerprint density at radius 2 is 2.00 bits per heavy atom. The lowest BCUT2D eigenvalue weighted by Crippen LogP contribution is -2.35. The van der Waals surface area contributed by atoms with E-state index in [-0.39, 0.29) is 12.4 Å². The number of para-hydroxylation sites is 1. The van der Waals surface area contributed by atoms with E-state index in [4.69, 9.17) is 0 Å². The number of piperidine rings is 1. The molecule has 2 N–H and O–H groups in total. The quantitative estimate of drug-likeness (QED) is 0.900. The SMILES string of the molecule is Cl.O=C(O)C1=CN(CC2CCNCC2)c2ccccc2C1. The number of carboxylic acids is 1. The van der Waals surface area contributed by atoms with Gasteiger partial charge in [-0.25, -0.2) is 4.79 Å². The van der Waals surface area contributed by atoms with Crippen LogP contribution in [0.25, 0.3) is 0 Å². The van der Waals surface area contributed by atoms with Crippen molar-refractivity contribution in [3.63, 3.8) is 0 Å². The van der Waals surface area contributed by atoms with Gasteiger partial charge in [-0.2, -0.15) is 0 Å². The Morgan fingerprint density at radius 3 is 2.71 bits per heavy atom. The van der Waals surface area contributed by atoms with Crippen LogP contribution >= 0.6 is 12.4 Å². The van der Waals surface area contributed by atoms with Crippen molar-refractivity contribution in [3.8, 4) is 0 Å². The third-order valence-corrected chi connectivity index (χ3v) is 4.18. The van der Waals surface area contributed by atoms with Gasteiger partial charge in [0.1, 0.15) is 0 Å². The van der Waals surface area contributed by atoms with Crippen molar-refractivity contribution in [1.29, 1.82) is 0 Å². The lowest BCUT2D eigenvalue weighted by atomic mass is 9.94. The molecule has 114 valence electrons. The molecule has 2 aliphatic rings. The zero-order valence-corrected chi connectivity index (χ0v) is 12.7. The lowest BCUT2D eigenvalue weighted by Gasteiger charge is -2.33. The molecular formula is C16H21ClN2O2. The molecule has 0 aromatic heterocycles. The molecule has 0 atom stereocenters. The van der Waals surface area contributed by atoms with Gasteiger partial charge in [0.15, 0.2) is 0 Å². The van der Waals surface area contributed by atoms with Crippen LogP contribution in [0.1, 0.15) is 18.4 Å². The summed E-state index contributed by atoms with van der Waals surface area (Å²) in [5.41, 5.74) is 2.76. The maximum atomic E-state index is 11.3. The number of halogens is 1. The van der Waals surface area contributed by atoms with Gasteiger partial charge in [-0.3, -0.25) is 0 Å². The first-order chi connectivity index (χ1) is 9.74. The molecule has 3 rings (SSSR count). The Balaban J connectivity index is 0.00000161. The second-order valence-electron chi connectivity index (χ2n) is 5.61. The minimum atomic E-state index is -0.810. The van der Waals surface area contributed by atoms with Crippen molar-refractivity contribution in [2.24, 2.45) is 5.92 Å². The van der Waals surface area contributed by atoms with Crippen molar-refractivity contribution < 1.29 is 9.90 Å². The van der Waals surface area contributed by atoms with Crippen molar-refractivity contribution in [2.75, 3.05) is 24.5 Å². The number of benzene rings is 1. The molecule has 1 aromatic rings. The topological polar surface area (TPSA) is 52.6 Å². The van der Waals surface area contributed by atoms with Crippen molar-refractivity contribution in [2.45, 2.75) is 19.3 Å². The first-order valence-electron chi connectivity index (χ1n) is 7.23. The van der Waals surface area contributed by atoms with E-state index in [1.165, 1.54) is 0 Å². The van der Waals surface area contributed by atoms with E-state index >= 15 is 0 Å². The van der Waals surface area contributed by atoms with E-state index in [9.17, 15) is 9.90 Å². The summed E-state index contributed by atoms with van der Waals surface area (Å²) in [4.78, 5) is 13.4. The van der Waals surface area contributed by atoms with Crippen LogP contribution in [0.5, 0.6) is 0 Å². The van der Waals surface area contributed by atoms with Crippen molar-refractivity contribution in [1.82, 2.24) is 5.32 Å². The predicted octanol–water partition coefficient (Wildman–Crippen LogP) is 2.44. The molecule has 1 saturated heterocycles. The van der Waals surface area contributed by atoms with Crippen LogP contribution in [0, 0.1) is 5.92 Å². The number of rotatable bonds is 3. The smallest absolute Gasteiger partial charge is 0.333 e. The Bertz CT molecular complexity index is 539. The number of anilines is 1. The number of nitrogens with one attached hydrogen (secondary N) is 1. The molecule has 2 heterocycles. The molecule has 1 fully saturated rings. The minimum absolute atomic E-state index is 0. The average Bonchev–Trinajstić information content (AvgIpc) is 2.48. The maximum Gasteiger partial charge on any atom is 0.333 e. The Kier molecular flexibility index (Phi) is 5.26. The first kappa shape index (κ1) is 15.9. The summed E-state index contributed by atoms with van der Waals surface area (Å²) < 4.78 is 0. The van der Waals surface area contributed by atoms with Crippen LogP contribution < -0.4 is 10.2 Å². The van der Waals surface area contributed by atoms with Crippen LogP contribution in [-0.4, -0.2) is 30.7 Å². The van der Waals surface area contributed by atoms with Gasteiger partial charge >= 0.3 is 5.97 Å². The van der Waals surface area contributed by atoms with E-state index in [0.717, 1.165) is 43.7 Å². The highest BCUT2D eigenvalue weighted by Crippen LogP contribution is 2.30. The Hall–Kier alpha value is -1.52. The molecule has 21 heavy (non-hydrogen) atoms. The van der Waals surface area contributed by atoms with Gasteiger partial charge < -0.3 is 15.3 Å². The van der Waals surface area contributed by atoms with Crippen LogP contribution in [0.4, 0.5) is 5.69 Å². The molecule has 0 radical (unpaired) electrons. The highest BCUT2D eigenvalue weighted by Gasteiger charge is 2.23. The highest BCUT2D eigenvalue weighted by molar-refractivity contribution is 5.89. The third-order valence-electron chi connectivity index (χ3n) is 4.18. The summed E-state index contributed by atoms with van der Waals surface area (Å²) in [7, 11) is 0. The molecule has 0 unspecified atom stereocenters. The highest BCUT2D eigenvalue weighted by atomic mass is 35.5. The summed E-state index contributed by atoms with van der Waals surface area (Å²) in [6.45, 7) is 3.04. The Morgan fingerprint density at radius 1 is 1.29 bits per heavy atom. The summed E-state index contributed by atoms with van der Waals surface area (Å²) >= 11 is 0. The molecule has 0 amide bonds. The van der Waals surface area contributed by atoms with E-state index < -0.39 is 5.97 Å². The fourth-order valence-electron chi connectivity index (χ4n) is 3.07. The molecule has 4 nitrogen and oxygen atoms in total. The number of carboxylic acid groups (broad SMARTS) is 1. The number of fused-ring (bicyclic) bond motifs is 1. The number of aliphatic carboxylic acids is 1. The van der Waals surface area contributed by atoms with E-state index in [1.807, 2.05) is 24.4 Å². The van der Waals surface area contributed by atoms with Crippen molar-refractivity contribution in [3.05, 3.63) is 41.6 Å². The van der Waals surface area contributed by atoms with Crippen LogP contribution in [0.3, 0.4) is 0 Å². The van der Waals surface area contributed by atoms with Gasteiger partial charge in [0, 0.05) is 24.9 Å². The maximum absolute atomic E-state index is 11.3. The zero-order valence-electron chi connectivity index (χ0n) is 11.9. The minimum Gasteiger partial charge on any atom is -0.478 e. The molecule has 0 bridgehead atoms. The standard InChI is InChI=1S/C16H20N2O2.ClH/c19-16(20)14-9-13-3-1-2-4-15(13)18(11-14)10-12-5-7-17-8-6-12;/h1-4,11-12,17H,5-10H2,(H,19,20);1H. The summed E-state index contributed by atoms with van der Waals surface area (Å²) in [6, 6.07) is 8.12. The molecule has 2 aliphatic heterocycles. The van der Waals surface area contributed by atoms with E-state index in [1.54, 1.807) is 0 Å².